The van der Waals surface area contributed by atoms with Crippen molar-refractivity contribution in [3.8, 4) is 5.75 Å². The van der Waals surface area contributed by atoms with E-state index in [1.165, 1.54) is 0 Å². The number of benzene rings is 1. The Labute approximate surface area is 123 Å². The fraction of sp³-hybridized carbons (Fsp3) is 0.625. The van der Waals surface area contributed by atoms with E-state index in [9.17, 15) is 0 Å². The smallest absolute Gasteiger partial charge is 0.144 e. The predicted molar refractivity (Wildman–Crippen MR) is 87.5 cm³/mol. The van der Waals surface area contributed by atoms with Gasteiger partial charge < -0.3 is 15.8 Å². The molecule has 0 atom stereocenters. The second-order valence-corrected chi connectivity index (χ2v) is 5.54. The lowest BCUT2D eigenvalue weighted by molar-refractivity contribution is 0.182. The molecule has 0 fully saturated rings. The molecule has 0 heterocycles. The fourth-order valence-electron chi connectivity index (χ4n) is 2.37. The lowest BCUT2D eigenvalue weighted by Crippen LogP contribution is -2.40. The van der Waals surface area contributed by atoms with Gasteiger partial charge in [0.1, 0.15) is 5.75 Å². The number of ether oxygens (including phenoxy) is 1. The molecule has 0 bridgehead atoms. The van der Waals surface area contributed by atoms with Gasteiger partial charge in [-0.15, -0.1) is 0 Å². The van der Waals surface area contributed by atoms with Crippen molar-refractivity contribution >= 4 is 11.4 Å². The van der Waals surface area contributed by atoms with E-state index in [4.69, 9.17) is 10.5 Å². The van der Waals surface area contributed by atoms with Gasteiger partial charge in [-0.1, -0.05) is 0 Å². The highest BCUT2D eigenvalue weighted by atomic mass is 16.5. The summed E-state index contributed by atoms with van der Waals surface area (Å²) in [4.78, 5) is 2.47. The molecule has 0 aliphatic heterocycles. The summed E-state index contributed by atoms with van der Waals surface area (Å²) in [6.07, 6.45) is 0. The molecular formula is C16H29N3O. The van der Waals surface area contributed by atoms with E-state index >= 15 is 0 Å². The van der Waals surface area contributed by atoms with Gasteiger partial charge in [-0.25, -0.2) is 0 Å². The van der Waals surface area contributed by atoms with Gasteiger partial charge >= 0.3 is 0 Å². The van der Waals surface area contributed by atoms with Crippen LogP contribution in [-0.4, -0.2) is 36.7 Å². The minimum absolute atomic E-state index is 0.558. The van der Waals surface area contributed by atoms with Gasteiger partial charge in [0.05, 0.1) is 12.3 Å². The molecule has 0 radical (unpaired) electrons. The average Bonchev–Trinajstić information content (AvgIpc) is 2.37. The van der Waals surface area contributed by atoms with Crippen LogP contribution in [0.5, 0.6) is 5.75 Å². The molecule has 0 saturated carbocycles. The van der Waals surface area contributed by atoms with Crippen molar-refractivity contribution in [1.82, 2.24) is 4.90 Å². The molecule has 1 aromatic carbocycles. The number of nitrogen functional groups attached to an aromatic ring is 1. The molecule has 0 aromatic heterocycles. The summed E-state index contributed by atoms with van der Waals surface area (Å²) in [5, 5.41) is 3.43. The highest BCUT2D eigenvalue weighted by Gasteiger charge is 2.12. The maximum atomic E-state index is 5.87. The SMILES string of the molecule is CCOc1cc(NCCN(C(C)C)C(C)C)ccc1N. The molecule has 0 amide bonds. The first kappa shape index (κ1) is 16.6. The second kappa shape index (κ2) is 8.00. The Morgan fingerprint density at radius 2 is 1.85 bits per heavy atom. The van der Waals surface area contributed by atoms with Crippen LogP contribution in [0.2, 0.25) is 0 Å². The molecule has 0 aliphatic carbocycles. The topological polar surface area (TPSA) is 50.5 Å². The maximum absolute atomic E-state index is 5.87. The van der Waals surface area contributed by atoms with Gasteiger partial charge in [0.2, 0.25) is 0 Å². The van der Waals surface area contributed by atoms with Crippen LogP contribution in [0.4, 0.5) is 11.4 Å². The van der Waals surface area contributed by atoms with Crippen molar-refractivity contribution in [3.05, 3.63) is 18.2 Å². The number of nitrogens with one attached hydrogen (secondary N) is 1. The van der Waals surface area contributed by atoms with Crippen LogP contribution in [0.15, 0.2) is 18.2 Å². The zero-order chi connectivity index (χ0) is 15.1. The largest absolute Gasteiger partial charge is 0.492 e. The quantitative estimate of drug-likeness (QED) is 0.718. The maximum Gasteiger partial charge on any atom is 0.144 e. The number of anilines is 2. The molecule has 0 spiro atoms. The van der Waals surface area contributed by atoms with E-state index in [-0.39, 0.29) is 0 Å². The standard InChI is InChI=1S/C16H29N3O/c1-6-20-16-11-14(7-8-15(16)17)18-9-10-19(12(2)3)13(4)5/h7-8,11-13,18H,6,9-10,17H2,1-5H3. The Kier molecular flexibility index (Phi) is 6.65. The van der Waals surface area contributed by atoms with Crippen LogP contribution in [0.1, 0.15) is 34.6 Å². The minimum Gasteiger partial charge on any atom is -0.492 e. The van der Waals surface area contributed by atoms with Gasteiger partial charge in [0.15, 0.2) is 0 Å². The third-order valence-corrected chi connectivity index (χ3v) is 3.34. The first-order chi connectivity index (χ1) is 9.45. The number of hydrogen-bond acceptors (Lipinski definition) is 4. The van der Waals surface area contributed by atoms with Crippen LogP contribution in [-0.2, 0) is 0 Å². The van der Waals surface area contributed by atoms with Crippen molar-refractivity contribution in [3.63, 3.8) is 0 Å². The van der Waals surface area contributed by atoms with E-state index < -0.39 is 0 Å². The number of rotatable bonds is 8. The monoisotopic (exact) mass is 279 g/mol. The van der Waals surface area contributed by atoms with Crippen molar-refractivity contribution < 1.29 is 4.74 Å². The lowest BCUT2D eigenvalue weighted by Gasteiger charge is -2.30. The first-order valence-electron chi connectivity index (χ1n) is 7.47. The summed E-state index contributed by atoms with van der Waals surface area (Å²) in [5.41, 5.74) is 7.61. The molecule has 4 nitrogen and oxygen atoms in total. The molecule has 1 aromatic rings. The van der Waals surface area contributed by atoms with E-state index in [0.717, 1.165) is 24.5 Å². The van der Waals surface area contributed by atoms with E-state index in [1.54, 1.807) is 0 Å². The fourth-order valence-corrected chi connectivity index (χ4v) is 2.37. The second-order valence-electron chi connectivity index (χ2n) is 5.54. The summed E-state index contributed by atoms with van der Waals surface area (Å²) in [5.74, 6) is 0.752. The Bertz CT molecular complexity index is 397. The summed E-state index contributed by atoms with van der Waals surface area (Å²) < 4.78 is 5.51. The molecular weight excluding hydrogens is 250 g/mol. The Balaban J connectivity index is 2.55. The van der Waals surface area contributed by atoms with Crippen molar-refractivity contribution in [2.24, 2.45) is 0 Å². The van der Waals surface area contributed by atoms with Crippen LogP contribution >= 0.6 is 0 Å². The van der Waals surface area contributed by atoms with Crippen molar-refractivity contribution in [2.45, 2.75) is 46.7 Å². The molecule has 3 N–H and O–H groups in total. The average molecular weight is 279 g/mol. The summed E-state index contributed by atoms with van der Waals surface area (Å²) >= 11 is 0. The highest BCUT2D eigenvalue weighted by molar-refractivity contribution is 5.61. The summed E-state index contributed by atoms with van der Waals surface area (Å²) in [6.45, 7) is 13.4. The van der Waals surface area contributed by atoms with Gasteiger partial charge in [-0.2, -0.15) is 0 Å². The summed E-state index contributed by atoms with van der Waals surface area (Å²) in [6, 6.07) is 6.96. The molecule has 0 unspecified atom stereocenters. The van der Waals surface area contributed by atoms with Crippen molar-refractivity contribution in [2.75, 3.05) is 30.7 Å². The Hall–Kier alpha value is -1.42. The van der Waals surface area contributed by atoms with Crippen LogP contribution in [0.25, 0.3) is 0 Å². The molecule has 0 saturated heterocycles. The van der Waals surface area contributed by atoms with Crippen LogP contribution in [0.3, 0.4) is 0 Å². The van der Waals surface area contributed by atoms with Gasteiger partial charge in [0, 0.05) is 36.9 Å². The lowest BCUT2D eigenvalue weighted by atomic mass is 10.2. The molecule has 0 aliphatic rings. The van der Waals surface area contributed by atoms with E-state index in [0.29, 0.717) is 24.4 Å². The van der Waals surface area contributed by atoms with Gasteiger partial charge in [0.25, 0.3) is 0 Å². The first-order valence-corrected chi connectivity index (χ1v) is 7.47. The zero-order valence-electron chi connectivity index (χ0n) is 13.4. The third kappa shape index (κ3) is 4.93. The number of nitrogens with zero attached hydrogens (tertiary/aromatic N) is 1. The van der Waals surface area contributed by atoms with Crippen LogP contribution in [0, 0.1) is 0 Å². The zero-order valence-corrected chi connectivity index (χ0v) is 13.4. The van der Waals surface area contributed by atoms with Gasteiger partial charge in [-0.05, 0) is 46.8 Å². The molecule has 4 heteroatoms. The minimum atomic E-state index is 0.558. The Morgan fingerprint density at radius 3 is 2.40 bits per heavy atom. The Morgan fingerprint density at radius 1 is 1.20 bits per heavy atom. The predicted octanol–water partition coefficient (Wildman–Crippen LogP) is 3.20. The number of nitrogens with two attached hydrogens (primary N) is 1. The van der Waals surface area contributed by atoms with E-state index in [2.05, 4.69) is 37.9 Å². The molecule has 20 heavy (non-hydrogen) atoms. The number of hydrogen-bond donors (Lipinski definition) is 2. The normalized spacial score (nSPS) is 11.4. The molecule has 1 rings (SSSR count). The highest BCUT2D eigenvalue weighted by Crippen LogP contribution is 2.25. The third-order valence-electron chi connectivity index (χ3n) is 3.34. The van der Waals surface area contributed by atoms with Crippen molar-refractivity contribution in [1.29, 1.82) is 0 Å². The summed E-state index contributed by atoms with van der Waals surface area (Å²) in [7, 11) is 0. The molecule has 114 valence electrons. The van der Waals surface area contributed by atoms with Gasteiger partial charge in [-0.3, -0.25) is 4.90 Å². The van der Waals surface area contributed by atoms with E-state index in [1.807, 2.05) is 25.1 Å². The van der Waals surface area contributed by atoms with Crippen LogP contribution < -0.4 is 15.8 Å².